The van der Waals surface area contributed by atoms with Crippen molar-refractivity contribution in [1.82, 2.24) is 15.2 Å². The number of pyridine rings is 1. The molecule has 1 aromatic heterocycles. The summed E-state index contributed by atoms with van der Waals surface area (Å²) in [5.74, 6) is -0.102. The number of aromatic nitrogens is 1. The number of nitrogens with one attached hydrogen (secondary N) is 2. The van der Waals surface area contributed by atoms with Gasteiger partial charge in [0.15, 0.2) is 0 Å². The van der Waals surface area contributed by atoms with E-state index in [1.807, 2.05) is 18.3 Å². The van der Waals surface area contributed by atoms with E-state index in [2.05, 4.69) is 20.5 Å². The molecule has 7 heteroatoms. The van der Waals surface area contributed by atoms with Crippen LogP contribution in [0, 0.1) is 0 Å². The van der Waals surface area contributed by atoms with Crippen LogP contribution in [0.5, 0.6) is 0 Å². The molecule has 1 aromatic carbocycles. The van der Waals surface area contributed by atoms with Crippen LogP contribution in [0.2, 0.25) is 10.0 Å². The predicted molar refractivity (Wildman–Crippen MR) is 96.5 cm³/mol. The average molecular weight is 365 g/mol. The second-order valence-electron chi connectivity index (χ2n) is 5.65. The van der Waals surface area contributed by atoms with Crippen LogP contribution in [-0.4, -0.2) is 42.0 Å². The third-order valence-corrected chi connectivity index (χ3v) is 4.52. The molecule has 0 bridgehead atoms. The van der Waals surface area contributed by atoms with Crippen LogP contribution in [0.3, 0.4) is 0 Å². The fraction of sp³-hybridized carbons (Fsp3) is 0.294. The van der Waals surface area contributed by atoms with Gasteiger partial charge in [-0.3, -0.25) is 14.7 Å². The fourth-order valence-corrected chi connectivity index (χ4v) is 3.26. The van der Waals surface area contributed by atoms with Gasteiger partial charge in [-0.2, -0.15) is 0 Å². The summed E-state index contributed by atoms with van der Waals surface area (Å²) in [6.45, 7) is 2.73. The lowest BCUT2D eigenvalue weighted by molar-refractivity contribution is -0.118. The highest BCUT2D eigenvalue weighted by atomic mass is 35.5. The van der Waals surface area contributed by atoms with Gasteiger partial charge in [0.25, 0.3) is 0 Å². The zero-order chi connectivity index (χ0) is 16.9. The van der Waals surface area contributed by atoms with Crippen molar-refractivity contribution in [2.75, 3.05) is 31.5 Å². The number of amides is 1. The Morgan fingerprint density at radius 1 is 1.38 bits per heavy atom. The number of hydrogen-bond donors (Lipinski definition) is 2. The molecule has 1 saturated heterocycles. The first-order chi connectivity index (χ1) is 11.6. The van der Waals surface area contributed by atoms with Crippen molar-refractivity contribution in [3.63, 3.8) is 0 Å². The van der Waals surface area contributed by atoms with Gasteiger partial charge in [0.05, 0.1) is 17.3 Å². The molecule has 1 fully saturated rings. The van der Waals surface area contributed by atoms with Gasteiger partial charge in [-0.25, -0.2) is 0 Å². The third-order valence-electron chi connectivity index (χ3n) is 3.98. The molecular weight excluding hydrogens is 347 g/mol. The molecule has 1 aliphatic rings. The van der Waals surface area contributed by atoms with Crippen molar-refractivity contribution in [3.05, 3.63) is 58.3 Å². The minimum atomic E-state index is -0.102. The van der Waals surface area contributed by atoms with Crippen molar-refractivity contribution in [2.45, 2.75) is 6.04 Å². The fourth-order valence-electron chi connectivity index (χ4n) is 2.80. The smallest absolute Gasteiger partial charge is 0.238 e. The SMILES string of the molecule is O=C(CN1CCNCC1c1cccnc1)Nc1ccc(Cl)cc1Cl. The molecule has 0 spiro atoms. The van der Waals surface area contributed by atoms with Crippen LogP contribution in [-0.2, 0) is 4.79 Å². The maximum Gasteiger partial charge on any atom is 0.238 e. The predicted octanol–water partition coefficient (Wildman–Crippen LogP) is 2.97. The molecule has 2 aromatic rings. The molecule has 1 atom stereocenters. The van der Waals surface area contributed by atoms with Gasteiger partial charge < -0.3 is 10.6 Å². The maximum absolute atomic E-state index is 12.4. The first-order valence-corrected chi connectivity index (χ1v) is 8.48. The van der Waals surface area contributed by atoms with E-state index in [1.54, 1.807) is 24.4 Å². The Labute approximate surface area is 151 Å². The lowest BCUT2D eigenvalue weighted by Gasteiger charge is -2.35. The minimum absolute atomic E-state index is 0.102. The van der Waals surface area contributed by atoms with Gasteiger partial charge in [0.1, 0.15) is 0 Å². The Hall–Kier alpha value is -1.66. The molecule has 1 aliphatic heterocycles. The maximum atomic E-state index is 12.4. The van der Waals surface area contributed by atoms with Gasteiger partial charge in [-0.1, -0.05) is 29.3 Å². The van der Waals surface area contributed by atoms with Crippen LogP contribution in [0.15, 0.2) is 42.7 Å². The number of carbonyl (C=O) groups excluding carboxylic acids is 1. The van der Waals surface area contributed by atoms with E-state index in [1.165, 1.54) is 0 Å². The molecule has 24 heavy (non-hydrogen) atoms. The van der Waals surface area contributed by atoms with Gasteiger partial charge in [0, 0.05) is 43.1 Å². The molecule has 1 unspecified atom stereocenters. The molecule has 3 rings (SSSR count). The summed E-state index contributed by atoms with van der Waals surface area (Å²) in [7, 11) is 0. The van der Waals surface area contributed by atoms with E-state index in [-0.39, 0.29) is 11.9 Å². The summed E-state index contributed by atoms with van der Waals surface area (Å²) in [6, 6.07) is 9.09. The summed E-state index contributed by atoms with van der Waals surface area (Å²) in [5, 5.41) is 7.18. The molecule has 2 heterocycles. The van der Waals surface area contributed by atoms with E-state index in [4.69, 9.17) is 23.2 Å². The van der Waals surface area contributed by atoms with Gasteiger partial charge in [0.2, 0.25) is 5.91 Å². The highest BCUT2D eigenvalue weighted by molar-refractivity contribution is 6.36. The monoisotopic (exact) mass is 364 g/mol. The average Bonchev–Trinajstić information content (AvgIpc) is 2.59. The van der Waals surface area contributed by atoms with Crippen molar-refractivity contribution in [3.8, 4) is 0 Å². The molecule has 5 nitrogen and oxygen atoms in total. The van der Waals surface area contributed by atoms with Crippen LogP contribution in [0.1, 0.15) is 11.6 Å². The lowest BCUT2D eigenvalue weighted by atomic mass is 10.1. The Kier molecular flexibility index (Phi) is 5.68. The van der Waals surface area contributed by atoms with Gasteiger partial charge in [-0.15, -0.1) is 0 Å². The number of nitrogens with zero attached hydrogens (tertiary/aromatic N) is 2. The Morgan fingerprint density at radius 2 is 2.25 bits per heavy atom. The first kappa shape index (κ1) is 17.2. The Morgan fingerprint density at radius 3 is 3.00 bits per heavy atom. The second kappa shape index (κ2) is 7.94. The van der Waals surface area contributed by atoms with Crippen molar-refractivity contribution >= 4 is 34.8 Å². The summed E-state index contributed by atoms with van der Waals surface area (Å²) < 4.78 is 0. The van der Waals surface area contributed by atoms with E-state index in [0.29, 0.717) is 22.3 Å². The zero-order valence-electron chi connectivity index (χ0n) is 13.0. The number of benzene rings is 1. The Balaban J connectivity index is 1.67. The topological polar surface area (TPSA) is 57.3 Å². The van der Waals surface area contributed by atoms with E-state index < -0.39 is 0 Å². The van der Waals surface area contributed by atoms with Gasteiger partial charge >= 0.3 is 0 Å². The highest BCUT2D eigenvalue weighted by Gasteiger charge is 2.25. The molecule has 0 radical (unpaired) electrons. The Bertz CT molecular complexity index is 711. The van der Waals surface area contributed by atoms with Crippen LogP contribution < -0.4 is 10.6 Å². The summed E-state index contributed by atoms with van der Waals surface area (Å²) in [5.41, 5.74) is 1.67. The summed E-state index contributed by atoms with van der Waals surface area (Å²) >= 11 is 12.0. The second-order valence-corrected chi connectivity index (χ2v) is 6.49. The van der Waals surface area contributed by atoms with E-state index in [9.17, 15) is 4.79 Å². The molecule has 126 valence electrons. The van der Waals surface area contributed by atoms with Crippen molar-refractivity contribution in [2.24, 2.45) is 0 Å². The molecular formula is C17H18Cl2N4O. The number of piperazine rings is 1. The van der Waals surface area contributed by atoms with Crippen molar-refractivity contribution in [1.29, 1.82) is 0 Å². The molecule has 2 N–H and O–H groups in total. The van der Waals surface area contributed by atoms with Crippen LogP contribution in [0.25, 0.3) is 0 Å². The zero-order valence-corrected chi connectivity index (χ0v) is 14.5. The first-order valence-electron chi connectivity index (χ1n) is 7.73. The summed E-state index contributed by atoms with van der Waals surface area (Å²) in [4.78, 5) is 18.7. The van der Waals surface area contributed by atoms with E-state index >= 15 is 0 Å². The summed E-state index contributed by atoms with van der Waals surface area (Å²) in [6.07, 6.45) is 3.60. The van der Waals surface area contributed by atoms with Gasteiger partial charge in [-0.05, 0) is 29.8 Å². The van der Waals surface area contributed by atoms with E-state index in [0.717, 1.165) is 25.2 Å². The third kappa shape index (κ3) is 4.24. The number of halogens is 2. The molecule has 1 amide bonds. The molecule has 0 aliphatic carbocycles. The molecule has 0 saturated carbocycles. The minimum Gasteiger partial charge on any atom is -0.324 e. The van der Waals surface area contributed by atoms with Crippen LogP contribution >= 0.6 is 23.2 Å². The standard InChI is InChI=1S/C17H18Cl2N4O/c18-13-3-4-15(14(19)8-13)22-17(24)11-23-7-6-21-10-16(23)12-2-1-5-20-9-12/h1-5,8-9,16,21H,6-7,10-11H2,(H,22,24). The number of anilines is 1. The highest BCUT2D eigenvalue weighted by Crippen LogP contribution is 2.26. The number of carbonyl (C=O) groups is 1. The lowest BCUT2D eigenvalue weighted by Crippen LogP contribution is -2.48. The van der Waals surface area contributed by atoms with Crippen LogP contribution in [0.4, 0.5) is 5.69 Å². The number of hydrogen-bond acceptors (Lipinski definition) is 4. The number of rotatable bonds is 4. The normalized spacial score (nSPS) is 18.3. The largest absolute Gasteiger partial charge is 0.324 e. The quantitative estimate of drug-likeness (QED) is 0.875. The van der Waals surface area contributed by atoms with Crippen molar-refractivity contribution < 1.29 is 4.79 Å².